The van der Waals surface area contributed by atoms with Crippen LogP contribution in [0.5, 0.6) is 0 Å². The minimum atomic E-state index is -0.538. The number of amides is 1. The molecule has 1 aliphatic heterocycles. The lowest BCUT2D eigenvalue weighted by Crippen LogP contribution is -2.25. The van der Waals surface area contributed by atoms with Gasteiger partial charge in [0.1, 0.15) is 0 Å². The van der Waals surface area contributed by atoms with E-state index in [9.17, 15) is 9.59 Å². The van der Waals surface area contributed by atoms with Crippen LogP contribution >= 0.6 is 15.9 Å². The first-order valence-electron chi connectivity index (χ1n) is 6.54. The van der Waals surface area contributed by atoms with Crippen LogP contribution in [0.2, 0.25) is 0 Å². The van der Waals surface area contributed by atoms with Crippen LogP contribution in [0.4, 0.5) is 11.4 Å². The van der Waals surface area contributed by atoms with Crippen molar-refractivity contribution >= 4 is 39.0 Å². The molecule has 1 aromatic rings. The first-order valence-corrected chi connectivity index (χ1v) is 7.33. The van der Waals surface area contributed by atoms with E-state index in [1.165, 1.54) is 12.8 Å². The van der Waals surface area contributed by atoms with Crippen LogP contribution in [0.1, 0.15) is 30.1 Å². The smallest absolute Gasteiger partial charge is 0.296 e. The number of nitrogens with one attached hydrogen (secondary N) is 1. The van der Waals surface area contributed by atoms with Crippen LogP contribution in [0, 0.1) is 5.92 Å². The van der Waals surface area contributed by atoms with Crippen molar-refractivity contribution in [1.29, 1.82) is 0 Å². The Hall–Kier alpha value is -1.36. The van der Waals surface area contributed by atoms with E-state index in [1.54, 1.807) is 6.07 Å². The van der Waals surface area contributed by atoms with Crippen molar-refractivity contribution in [3.05, 3.63) is 22.2 Å². The number of benzene rings is 1. The average Bonchev–Trinajstić information content (AvgIpc) is 3.16. The highest BCUT2D eigenvalue weighted by Gasteiger charge is 2.30. The fourth-order valence-electron chi connectivity index (χ4n) is 2.41. The molecule has 3 rings (SSSR count). The summed E-state index contributed by atoms with van der Waals surface area (Å²) in [6, 6.07) is 3.65. The molecule has 0 aromatic heterocycles. The van der Waals surface area contributed by atoms with Crippen molar-refractivity contribution in [2.75, 3.05) is 23.3 Å². The van der Waals surface area contributed by atoms with Gasteiger partial charge in [-0.25, -0.2) is 0 Å². The Morgan fingerprint density at radius 1 is 1.37 bits per heavy atom. The molecule has 0 bridgehead atoms. The van der Waals surface area contributed by atoms with Gasteiger partial charge in [-0.2, -0.15) is 0 Å². The third-order valence-electron chi connectivity index (χ3n) is 3.68. The summed E-state index contributed by atoms with van der Waals surface area (Å²) in [5, 5.41) is 2.63. The van der Waals surface area contributed by atoms with Gasteiger partial charge >= 0.3 is 0 Å². The molecule has 0 atom stereocenters. The van der Waals surface area contributed by atoms with Gasteiger partial charge in [-0.1, -0.05) is 0 Å². The van der Waals surface area contributed by atoms with E-state index in [2.05, 4.69) is 33.1 Å². The number of anilines is 2. The summed E-state index contributed by atoms with van der Waals surface area (Å²) in [6.07, 6.45) is 2.60. The number of halogens is 1. The molecule has 1 heterocycles. The van der Waals surface area contributed by atoms with Crippen LogP contribution in [0.3, 0.4) is 0 Å². The summed E-state index contributed by atoms with van der Waals surface area (Å²) in [5.41, 5.74) is 2.13. The lowest BCUT2D eigenvalue weighted by atomic mass is 10.1. The van der Waals surface area contributed by atoms with Gasteiger partial charge in [0.2, 0.25) is 0 Å². The molecule has 0 spiro atoms. The number of Topliss-reactive ketones (excluding diaryl/α,β-unsaturated/α-hetero) is 1. The highest BCUT2D eigenvalue weighted by atomic mass is 79.9. The maximum absolute atomic E-state index is 11.6. The first kappa shape index (κ1) is 12.7. The van der Waals surface area contributed by atoms with E-state index in [0.717, 1.165) is 29.2 Å². The van der Waals surface area contributed by atoms with Crippen LogP contribution in [-0.2, 0) is 4.79 Å². The molecule has 1 amide bonds. The van der Waals surface area contributed by atoms with Gasteiger partial charge in [0.15, 0.2) is 0 Å². The van der Waals surface area contributed by atoms with Gasteiger partial charge in [-0.3, -0.25) is 9.59 Å². The Kier molecular flexibility index (Phi) is 3.09. The molecule has 0 unspecified atom stereocenters. The molecule has 19 heavy (non-hydrogen) atoms. The quantitative estimate of drug-likeness (QED) is 0.867. The Morgan fingerprint density at radius 2 is 2.11 bits per heavy atom. The molecule has 0 radical (unpaired) electrons. The van der Waals surface area contributed by atoms with Crippen molar-refractivity contribution in [3.8, 4) is 0 Å². The SMILES string of the molecule is CCN(CC1CC1)c1cc2c(cc1Br)C(=O)C(=O)N2. The van der Waals surface area contributed by atoms with Gasteiger partial charge in [-0.05, 0) is 53.7 Å². The fraction of sp³-hybridized carbons (Fsp3) is 0.429. The molecule has 4 nitrogen and oxygen atoms in total. The molecule has 1 aromatic carbocycles. The minimum Gasteiger partial charge on any atom is -0.371 e. The zero-order chi connectivity index (χ0) is 13.6. The molecular formula is C14H15BrN2O2. The van der Waals surface area contributed by atoms with Gasteiger partial charge in [-0.15, -0.1) is 0 Å². The lowest BCUT2D eigenvalue weighted by molar-refractivity contribution is -0.112. The third kappa shape index (κ3) is 2.27. The Morgan fingerprint density at radius 3 is 2.74 bits per heavy atom. The van der Waals surface area contributed by atoms with Gasteiger partial charge in [0.05, 0.1) is 16.9 Å². The van der Waals surface area contributed by atoms with E-state index >= 15 is 0 Å². The molecule has 2 aliphatic rings. The Balaban J connectivity index is 1.96. The Labute approximate surface area is 120 Å². The second kappa shape index (κ2) is 4.63. The van der Waals surface area contributed by atoms with E-state index in [0.29, 0.717) is 11.3 Å². The van der Waals surface area contributed by atoms with Gasteiger partial charge in [0.25, 0.3) is 11.7 Å². The number of hydrogen-bond acceptors (Lipinski definition) is 3. The molecule has 1 saturated carbocycles. The van der Waals surface area contributed by atoms with Crippen molar-refractivity contribution in [2.24, 2.45) is 5.92 Å². The number of fused-ring (bicyclic) bond motifs is 1. The monoisotopic (exact) mass is 322 g/mol. The van der Waals surface area contributed by atoms with Crippen LogP contribution in [0.15, 0.2) is 16.6 Å². The maximum atomic E-state index is 11.6. The van der Waals surface area contributed by atoms with Crippen molar-refractivity contribution in [3.63, 3.8) is 0 Å². The van der Waals surface area contributed by atoms with Gasteiger partial charge in [0, 0.05) is 17.6 Å². The summed E-state index contributed by atoms with van der Waals surface area (Å²) in [6.45, 7) is 4.07. The number of nitrogens with zero attached hydrogens (tertiary/aromatic N) is 1. The summed E-state index contributed by atoms with van der Waals surface area (Å²) in [5.74, 6) is -0.201. The molecule has 100 valence electrons. The zero-order valence-electron chi connectivity index (χ0n) is 10.7. The van der Waals surface area contributed by atoms with E-state index in [4.69, 9.17) is 0 Å². The zero-order valence-corrected chi connectivity index (χ0v) is 12.3. The average molecular weight is 323 g/mol. The first-order chi connectivity index (χ1) is 9.10. The standard InChI is InChI=1S/C14H15BrN2O2/c1-2-17(7-8-3-4-8)12-6-11-9(5-10(12)15)13(18)14(19)16-11/h5-6,8H,2-4,7H2,1H3,(H,16,18,19). The van der Waals surface area contributed by atoms with Crippen LogP contribution < -0.4 is 10.2 Å². The third-order valence-corrected chi connectivity index (χ3v) is 4.32. The van der Waals surface area contributed by atoms with Crippen molar-refractivity contribution in [2.45, 2.75) is 19.8 Å². The molecule has 1 fully saturated rings. The van der Waals surface area contributed by atoms with E-state index in [-0.39, 0.29) is 0 Å². The number of carbonyl (C=O) groups is 2. The maximum Gasteiger partial charge on any atom is 0.296 e. The van der Waals surface area contributed by atoms with E-state index < -0.39 is 11.7 Å². The minimum absolute atomic E-state index is 0.451. The molecule has 0 saturated heterocycles. The second-order valence-corrected chi connectivity index (χ2v) is 5.97. The molecule has 1 N–H and O–H groups in total. The van der Waals surface area contributed by atoms with Crippen LogP contribution in [0.25, 0.3) is 0 Å². The summed E-state index contributed by atoms with van der Waals surface area (Å²) in [7, 11) is 0. The second-order valence-electron chi connectivity index (χ2n) is 5.11. The Bertz CT molecular complexity index is 567. The van der Waals surface area contributed by atoms with Gasteiger partial charge < -0.3 is 10.2 Å². The topological polar surface area (TPSA) is 49.4 Å². The lowest BCUT2D eigenvalue weighted by Gasteiger charge is -2.25. The normalized spacial score (nSPS) is 17.4. The number of carbonyl (C=O) groups excluding carboxylic acids is 2. The predicted octanol–water partition coefficient (Wildman–Crippen LogP) is 2.82. The fourth-order valence-corrected chi connectivity index (χ4v) is 3.00. The summed E-state index contributed by atoms with van der Waals surface area (Å²) < 4.78 is 0.874. The predicted molar refractivity (Wildman–Crippen MR) is 77.7 cm³/mol. The van der Waals surface area contributed by atoms with Crippen LogP contribution in [-0.4, -0.2) is 24.8 Å². The van der Waals surface area contributed by atoms with E-state index in [1.807, 2.05) is 6.07 Å². The molecule has 5 heteroatoms. The largest absolute Gasteiger partial charge is 0.371 e. The highest BCUT2D eigenvalue weighted by Crippen LogP contribution is 2.38. The molecule has 1 aliphatic carbocycles. The highest BCUT2D eigenvalue weighted by molar-refractivity contribution is 9.10. The van der Waals surface area contributed by atoms with Crippen molar-refractivity contribution in [1.82, 2.24) is 0 Å². The number of hydrogen-bond donors (Lipinski definition) is 1. The number of rotatable bonds is 4. The number of ketones is 1. The summed E-state index contributed by atoms with van der Waals surface area (Å²) in [4.78, 5) is 25.3. The summed E-state index contributed by atoms with van der Waals surface area (Å²) >= 11 is 3.52. The van der Waals surface area contributed by atoms with Crippen molar-refractivity contribution < 1.29 is 9.59 Å². The molecular weight excluding hydrogens is 308 g/mol.